The van der Waals surface area contributed by atoms with E-state index in [2.05, 4.69) is 6.92 Å². The van der Waals surface area contributed by atoms with Crippen molar-refractivity contribution in [2.45, 2.75) is 26.2 Å². The highest BCUT2D eigenvalue weighted by atomic mass is 16.5. The van der Waals surface area contributed by atoms with Gasteiger partial charge in [0.05, 0.1) is 20.8 Å². The molecule has 18 heavy (non-hydrogen) atoms. The van der Waals surface area contributed by atoms with Crippen molar-refractivity contribution in [2.75, 3.05) is 27.4 Å². The molecule has 4 heteroatoms. The third-order valence-electron chi connectivity index (χ3n) is 2.95. The van der Waals surface area contributed by atoms with E-state index in [9.17, 15) is 0 Å². The van der Waals surface area contributed by atoms with Gasteiger partial charge in [0.1, 0.15) is 0 Å². The fraction of sp³-hybridized carbons (Fsp3) is 0.571. The SMILES string of the molecule is CCOc1c(C(C)CCN)ccc(OC)c1OC. The van der Waals surface area contributed by atoms with Crippen molar-refractivity contribution in [3.63, 3.8) is 0 Å². The molecule has 0 saturated heterocycles. The van der Waals surface area contributed by atoms with Crippen LogP contribution in [0.3, 0.4) is 0 Å². The van der Waals surface area contributed by atoms with Crippen LogP contribution in [0.1, 0.15) is 31.7 Å². The molecule has 1 unspecified atom stereocenters. The minimum absolute atomic E-state index is 0.330. The molecule has 1 aromatic rings. The van der Waals surface area contributed by atoms with Gasteiger partial charge in [-0.1, -0.05) is 13.0 Å². The second kappa shape index (κ2) is 7.11. The minimum atomic E-state index is 0.330. The summed E-state index contributed by atoms with van der Waals surface area (Å²) in [7, 11) is 3.24. The first-order valence-electron chi connectivity index (χ1n) is 6.27. The molecule has 0 bridgehead atoms. The first-order valence-corrected chi connectivity index (χ1v) is 6.27. The molecule has 0 fully saturated rings. The van der Waals surface area contributed by atoms with Gasteiger partial charge >= 0.3 is 0 Å². The Morgan fingerprint density at radius 1 is 1.17 bits per heavy atom. The summed E-state index contributed by atoms with van der Waals surface area (Å²) in [5.74, 6) is 2.43. The Labute approximate surface area is 109 Å². The molecular formula is C14H23NO3. The maximum absolute atomic E-state index is 5.72. The lowest BCUT2D eigenvalue weighted by atomic mass is 9.96. The monoisotopic (exact) mass is 253 g/mol. The summed E-state index contributed by atoms with van der Waals surface area (Å²) in [5.41, 5.74) is 6.73. The van der Waals surface area contributed by atoms with Crippen LogP contribution in [0, 0.1) is 0 Å². The first kappa shape index (κ1) is 14.6. The van der Waals surface area contributed by atoms with Crippen LogP contribution in [0.25, 0.3) is 0 Å². The summed E-state index contributed by atoms with van der Waals surface area (Å²) in [6, 6.07) is 3.93. The van der Waals surface area contributed by atoms with E-state index in [1.54, 1.807) is 14.2 Å². The number of rotatable bonds is 7. The highest BCUT2D eigenvalue weighted by Gasteiger charge is 2.19. The van der Waals surface area contributed by atoms with Gasteiger partial charge in [0.2, 0.25) is 5.75 Å². The maximum Gasteiger partial charge on any atom is 0.203 e. The number of methoxy groups -OCH3 is 2. The molecule has 0 spiro atoms. The molecule has 1 rings (SSSR count). The van der Waals surface area contributed by atoms with E-state index in [0.717, 1.165) is 17.7 Å². The molecular weight excluding hydrogens is 230 g/mol. The van der Waals surface area contributed by atoms with E-state index in [1.807, 2.05) is 19.1 Å². The molecule has 102 valence electrons. The lowest BCUT2D eigenvalue weighted by Gasteiger charge is -2.20. The molecule has 0 heterocycles. The number of nitrogens with two attached hydrogens (primary N) is 1. The Morgan fingerprint density at radius 3 is 2.39 bits per heavy atom. The van der Waals surface area contributed by atoms with Gasteiger partial charge in [-0.25, -0.2) is 0 Å². The van der Waals surface area contributed by atoms with E-state index < -0.39 is 0 Å². The molecule has 0 aliphatic heterocycles. The summed E-state index contributed by atoms with van der Waals surface area (Å²) in [6.45, 7) is 5.33. The smallest absolute Gasteiger partial charge is 0.203 e. The van der Waals surface area contributed by atoms with Gasteiger partial charge in [0.15, 0.2) is 11.5 Å². The Kier molecular flexibility index (Phi) is 5.78. The van der Waals surface area contributed by atoms with Crippen molar-refractivity contribution >= 4 is 0 Å². The summed E-state index contributed by atoms with van der Waals surface area (Å²) < 4.78 is 16.4. The first-order chi connectivity index (χ1) is 8.69. The van der Waals surface area contributed by atoms with Crippen LogP contribution in [0.2, 0.25) is 0 Å². The molecule has 4 nitrogen and oxygen atoms in total. The molecule has 1 aromatic carbocycles. The van der Waals surface area contributed by atoms with Gasteiger partial charge in [0.25, 0.3) is 0 Å². The normalized spacial score (nSPS) is 12.1. The topological polar surface area (TPSA) is 53.7 Å². The molecule has 0 amide bonds. The zero-order valence-corrected chi connectivity index (χ0v) is 11.7. The number of hydrogen-bond acceptors (Lipinski definition) is 4. The van der Waals surface area contributed by atoms with E-state index in [4.69, 9.17) is 19.9 Å². The molecule has 0 saturated carbocycles. The lowest BCUT2D eigenvalue weighted by molar-refractivity contribution is 0.292. The minimum Gasteiger partial charge on any atom is -0.493 e. The van der Waals surface area contributed by atoms with Gasteiger partial charge in [-0.05, 0) is 31.9 Å². The zero-order chi connectivity index (χ0) is 13.5. The average Bonchev–Trinajstić information content (AvgIpc) is 2.38. The van der Waals surface area contributed by atoms with E-state index in [1.165, 1.54) is 0 Å². The highest BCUT2D eigenvalue weighted by Crippen LogP contribution is 2.43. The van der Waals surface area contributed by atoms with Crippen molar-refractivity contribution in [2.24, 2.45) is 5.73 Å². The molecule has 0 radical (unpaired) electrons. The van der Waals surface area contributed by atoms with Crippen LogP contribution in [0.5, 0.6) is 17.2 Å². The van der Waals surface area contributed by atoms with Crippen molar-refractivity contribution < 1.29 is 14.2 Å². The van der Waals surface area contributed by atoms with Crippen LogP contribution in [-0.4, -0.2) is 27.4 Å². The van der Waals surface area contributed by atoms with E-state index >= 15 is 0 Å². The van der Waals surface area contributed by atoms with Crippen molar-refractivity contribution in [1.82, 2.24) is 0 Å². The lowest BCUT2D eigenvalue weighted by Crippen LogP contribution is -2.08. The van der Waals surface area contributed by atoms with Crippen LogP contribution < -0.4 is 19.9 Å². The van der Waals surface area contributed by atoms with Gasteiger partial charge in [-0.2, -0.15) is 0 Å². The van der Waals surface area contributed by atoms with Crippen LogP contribution in [0.4, 0.5) is 0 Å². The molecule has 0 aliphatic carbocycles. The second-order valence-electron chi connectivity index (χ2n) is 4.13. The van der Waals surface area contributed by atoms with Gasteiger partial charge in [-0.3, -0.25) is 0 Å². The summed E-state index contributed by atoms with van der Waals surface area (Å²) in [6.07, 6.45) is 0.912. The zero-order valence-electron chi connectivity index (χ0n) is 11.7. The maximum atomic E-state index is 5.72. The average molecular weight is 253 g/mol. The van der Waals surface area contributed by atoms with Crippen LogP contribution in [0.15, 0.2) is 12.1 Å². The number of benzene rings is 1. The highest BCUT2D eigenvalue weighted by molar-refractivity contribution is 5.56. The van der Waals surface area contributed by atoms with Crippen molar-refractivity contribution in [3.8, 4) is 17.2 Å². The summed E-state index contributed by atoms with van der Waals surface area (Å²) >= 11 is 0. The summed E-state index contributed by atoms with van der Waals surface area (Å²) in [4.78, 5) is 0. The Morgan fingerprint density at radius 2 is 1.89 bits per heavy atom. The standard InChI is InChI=1S/C14H23NO3/c1-5-18-13-11(10(2)8-9-15)6-7-12(16-3)14(13)17-4/h6-7,10H,5,8-9,15H2,1-4H3. The molecule has 0 aliphatic rings. The van der Waals surface area contributed by atoms with Gasteiger partial charge in [-0.15, -0.1) is 0 Å². The van der Waals surface area contributed by atoms with Gasteiger partial charge in [0, 0.05) is 5.56 Å². The third kappa shape index (κ3) is 3.07. The predicted molar refractivity (Wildman–Crippen MR) is 72.8 cm³/mol. The van der Waals surface area contributed by atoms with E-state index in [-0.39, 0.29) is 0 Å². The molecule has 2 N–H and O–H groups in total. The predicted octanol–water partition coefficient (Wildman–Crippen LogP) is 2.55. The van der Waals surface area contributed by atoms with Crippen LogP contribution in [-0.2, 0) is 0 Å². The van der Waals surface area contributed by atoms with E-state index in [0.29, 0.717) is 30.6 Å². The quantitative estimate of drug-likeness (QED) is 0.811. The van der Waals surface area contributed by atoms with Crippen molar-refractivity contribution in [3.05, 3.63) is 17.7 Å². The largest absolute Gasteiger partial charge is 0.493 e. The van der Waals surface area contributed by atoms with Gasteiger partial charge < -0.3 is 19.9 Å². The van der Waals surface area contributed by atoms with Crippen molar-refractivity contribution in [1.29, 1.82) is 0 Å². The van der Waals surface area contributed by atoms with Crippen LogP contribution >= 0.6 is 0 Å². The fourth-order valence-corrected chi connectivity index (χ4v) is 2.00. The molecule has 0 aromatic heterocycles. The third-order valence-corrected chi connectivity index (χ3v) is 2.95. The number of hydrogen-bond donors (Lipinski definition) is 1. The Bertz CT molecular complexity index is 380. The summed E-state index contributed by atoms with van der Waals surface area (Å²) in [5, 5.41) is 0. The molecule has 1 atom stereocenters. The Hall–Kier alpha value is -1.42. The fourth-order valence-electron chi connectivity index (χ4n) is 2.00. The number of ether oxygens (including phenoxy) is 3. The Balaban J connectivity index is 3.24. The second-order valence-corrected chi connectivity index (χ2v) is 4.13.